The van der Waals surface area contributed by atoms with Crippen LogP contribution < -0.4 is 5.32 Å². The van der Waals surface area contributed by atoms with E-state index in [1.807, 2.05) is 12.4 Å². The molecule has 0 aliphatic rings. The van der Waals surface area contributed by atoms with Crippen LogP contribution in [0.5, 0.6) is 0 Å². The van der Waals surface area contributed by atoms with Crippen LogP contribution in [0.1, 0.15) is 16.7 Å². The normalized spacial score (nSPS) is 10.6. The number of methoxy groups -OCH3 is 1. The Hall–Kier alpha value is -1.71. The van der Waals surface area contributed by atoms with Gasteiger partial charge in [-0.25, -0.2) is 0 Å². The van der Waals surface area contributed by atoms with E-state index in [4.69, 9.17) is 4.74 Å². The van der Waals surface area contributed by atoms with Crippen molar-refractivity contribution in [3.05, 3.63) is 65.5 Å². The van der Waals surface area contributed by atoms with Crippen molar-refractivity contribution in [3.63, 3.8) is 0 Å². The molecular formula is C16H20N2O. The predicted octanol–water partition coefficient (Wildman–Crippen LogP) is 2.56. The second-order valence-electron chi connectivity index (χ2n) is 4.54. The molecule has 3 nitrogen and oxygen atoms in total. The number of rotatable bonds is 7. The fourth-order valence-corrected chi connectivity index (χ4v) is 2.01. The number of pyridine rings is 1. The fraction of sp³-hybridized carbons (Fsp3) is 0.312. The van der Waals surface area contributed by atoms with E-state index in [1.165, 1.54) is 16.7 Å². The molecule has 0 aliphatic heterocycles. The zero-order valence-corrected chi connectivity index (χ0v) is 11.3. The zero-order chi connectivity index (χ0) is 13.3. The third kappa shape index (κ3) is 4.81. The number of hydrogen-bond donors (Lipinski definition) is 1. The van der Waals surface area contributed by atoms with E-state index in [2.05, 4.69) is 46.7 Å². The lowest BCUT2D eigenvalue weighted by Crippen LogP contribution is -2.16. The van der Waals surface area contributed by atoms with E-state index in [-0.39, 0.29) is 0 Å². The van der Waals surface area contributed by atoms with E-state index >= 15 is 0 Å². The summed E-state index contributed by atoms with van der Waals surface area (Å²) in [5, 5.41) is 3.46. The summed E-state index contributed by atoms with van der Waals surface area (Å²) in [4.78, 5) is 4.02. The molecule has 0 atom stereocenters. The zero-order valence-electron chi connectivity index (χ0n) is 11.3. The minimum Gasteiger partial charge on any atom is -0.380 e. The molecule has 100 valence electrons. The highest BCUT2D eigenvalue weighted by atomic mass is 16.5. The Morgan fingerprint density at radius 1 is 1.05 bits per heavy atom. The Morgan fingerprint density at radius 3 is 2.63 bits per heavy atom. The van der Waals surface area contributed by atoms with Gasteiger partial charge in [-0.3, -0.25) is 4.98 Å². The molecule has 1 N–H and O–H groups in total. The van der Waals surface area contributed by atoms with Gasteiger partial charge in [-0.05, 0) is 41.8 Å². The Kier molecular flexibility index (Phi) is 5.53. The van der Waals surface area contributed by atoms with Gasteiger partial charge in [-0.2, -0.15) is 0 Å². The van der Waals surface area contributed by atoms with Gasteiger partial charge in [0.25, 0.3) is 0 Å². The van der Waals surface area contributed by atoms with Crippen LogP contribution in [0.3, 0.4) is 0 Å². The van der Waals surface area contributed by atoms with Crippen molar-refractivity contribution < 1.29 is 4.74 Å². The van der Waals surface area contributed by atoms with E-state index in [1.54, 1.807) is 7.11 Å². The van der Waals surface area contributed by atoms with Gasteiger partial charge in [0.15, 0.2) is 0 Å². The van der Waals surface area contributed by atoms with Crippen LogP contribution in [0.4, 0.5) is 0 Å². The number of benzene rings is 1. The van der Waals surface area contributed by atoms with E-state index in [0.717, 1.165) is 19.5 Å². The van der Waals surface area contributed by atoms with Crippen LogP contribution in [-0.4, -0.2) is 18.6 Å². The van der Waals surface area contributed by atoms with Gasteiger partial charge >= 0.3 is 0 Å². The molecule has 0 spiro atoms. The summed E-state index contributed by atoms with van der Waals surface area (Å²) >= 11 is 0. The smallest absolute Gasteiger partial charge is 0.0713 e. The van der Waals surface area contributed by atoms with Gasteiger partial charge in [0, 0.05) is 26.0 Å². The average molecular weight is 256 g/mol. The molecule has 2 rings (SSSR count). The number of ether oxygens (including phenoxy) is 1. The molecule has 0 unspecified atom stereocenters. The Morgan fingerprint density at radius 2 is 1.84 bits per heavy atom. The summed E-state index contributed by atoms with van der Waals surface area (Å²) in [5.74, 6) is 0. The summed E-state index contributed by atoms with van der Waals surface area (Å²) in [7, 11) is 1.72. The van der Waals surface area contributed by atoms with Crippen LogP contribution in [0.2, 0.25) is 0 Å². The standard InChI is InChI=1S/C16H20N2O/c1-19-13-16-4-2-3-15(11-16)12-18-10-7-14-5-8-17-9-6-14/h2-6,8-9,11,18H,7,10,12-13H2,1H3. The number of nitrogens with zero attached hydrogens (tertiary/aromatic N) is 1. The maximum Gasteiger partial charge on any atom is 0.0713 e. The lowest BCUT2D eigenvalue weighted by atomic mass is 10.1. The van der Waals surface area contributed by atoms with Crippen molar-refractivity contribution >= 4 is 0 Å². The van der Waals surface area contributed by atoms with Gasteiger partial charge < -0.3 is 10.1 Å². The minimum absolute atomic E-state index is 0.671. The highest BCUT2D eigenvalue weighted by Gasteiger charge is 1.96. The van der Waals surface area contributed by atoms with Crippen LogP contribution in [-0.2, 0) is 24.3 Å². The highest BCUT2D eigenvalue weighted by molar-refractivity contribution is 5.22. The van der Waals surface area contributed by atoms with Crippen molar-refractivity contribution in [2.24, 2.45) is 0 Å². The van der Waals surface area contributed by atoms with E-state index < -0.39 is 0 Å². The third-order valence-electron chi connectivity index (χ3n) is 2.97. The molecule has 3 heteroatoms. The monoisotopic (exact) mass is 256 g/mol. The molecule has 0 bridgehead atoms. The Labute approximate surface area is 114 Å². The van der Waals surface area contributed by atoms with Gasteiger partial charge in [-0.1, -0.05) is 24.3 Å². The second-order valence-corrected chi connectivity index (χ2v) is 4.54. The van der Waals surface area contributed by atoms with Crippen LogP contribution in [0, 0.1) is 0 Å². The second kappa shape index (κ2) is 7.67. The predicted molar refractivity (Wildman–Crippen MR) is 76.8 cm³/mol. The van der Waals surface area contributed by atoms with Gasteiger partial charge in [0.2, 0.25) is 0 Å². The minimum atomic E-state index is 0.671. The average Bonchev–Trinajstić information content (AvgIpc) is 2.46. The quantitative estimate of drug-likeness (QED) is 0.773. The maximum atomic E-state index is 5.14. The van der Waals surface area contributed by atoms with E-state index in [0.29, 0.717) is 6.61 Å². The lowest BCUT2D eigenvalue weighted by molar-refractivity contribution is 0.185. The fourth-order valence-electron chi connectivity index (χ4n) is 2.01. The van der Waals surface area contributed by atoms with Gasteiger partial charge in [0.1, 0.15) is 0 Å². The van der Waals surface area contributed by atoms with Crippen molar-refractivity contribution in [3.8, 4) is 0 Å². The Bertz CT molecular complexity index is 485. The molecule has 1 heterocycles. The summed E-state index contributed by atoms with van der Waals surface area (Å²) in [6, 6.07) is 12.6. The molecule has 2 aromatic rings. The van der Waals surface area contributed by atoms with Crippen LogP contribution >= 0.6 is 0 Å². The van der Waals surface area contributed by atoms with Crippen LogP contribution in [0.15, 0.2) is 48.8 Å². The molecule has 0 saturated heterocycles. The molecule has 0 saturated carbocycles. The summed E-state index contributed by atoms with van der Waals surface area (Å²) in [5.41, 5.74) is 3.83. The topological polar surface area (TPSA) is 34.1 Å². The van der Waals surface area contributed by atoms with Gasteiger partial charge in [0.05, 0.1) is 6.61 Å². The molecule has 0 aliphatic carbocycles. The van der Waals surface area contributed by atoms with Crippen LogP contribution in [0.25, 0.3) is 0 Å². The van der Waals surface area contributed by atoms with Crippen molar-refractivity contribution in [2.75, 3.05) is 13.7 Å². The van der Waals surface area contributed by atoms with Gasteiger partial charge in [-0.15, -0.1) is 0 Å². The largest absolute Gasteiger partial charge is 0.380 e. The molecular weight excluding hydrogens is 236 g/mol. The number of nitrogens with one attached hydrogen (secondary N) is 1. The van der Waals surface area contributed by atoms with Crippen molar-refractivity contribution in [1.29, 1.82) is 0 Å². The lowest BCUT2D eigenvalue weighted by Gasteiger charge is -2.07. The molecule has 0 radical (unpaired) electrons. The molecule has 0 amide bonds. The number of aromatic nitrogens is 1. The Balaban J connectivity index is 1.75. The first-order chi connectivity index (χ1) is 9.38. The SMILES string of the molecule is COCc1cccc(CNCCc2ccncc2)c1. The summed E-state index contributed by atoms with van der Waals surface area (Å²) in [6.45, 7) is 2.53. The van der Waals surface area contributed by atoms with Crippen molar-refractivity contribution in [2.45, 2.75) is 19.6 Å². The summed E-state index contributed by atoms with van der Waals surface area (Å²) < 4.78 is 5.14. The first kappa shape index (κ1) is 13.7. The first-order valence-corrected chi connectivity index (χ1v) is 6.55. The molecule has 19 heavy (non-hydrogen) atoms. The van der Waals surface area contributed by atoms with E-state index in [9.17, 15) is 0 Å². The number of hydrogen-bond acceptors (Lipinski definition) is 3. The van der Waals surface area contributed by atoms with Crippen molar-refractivity contribution in [1.82, 2.24) is 10.3 Å². The molecule has 1 aromatic carbocycles. The third-order valence-corrected chi connectivity index (χ3v) is 2.97. The first-order valence-electron chi connectivity index (χ1n) is 6.55. The molecule has 1 aromatic heterocycles. The summed E-state index contributed by atoms with van der Waals surface area (Å²) in [6.07, 6.45) is 4.70. The highest BCUT2D eigenvalue weighted by Crippen LogP contribution is 2.06. The molecule has 0 fully saturated rings. The maximum absolute atomic E-state index is 5.14.